The van der Waals surface area contributed by atoms with Crippen molar-refractivity contribution in [3.8, 4) is 5.88 Å². The molecule has 1 aromatic heterocycles. The second-order valence-electron chi connectivity index (χ2n) is 4.02. The van der Waals surface area contributed by atoms with Gasteiger partial charge in [0, 0.05) is 18.7 Å². The highest BCUT2D eigenvalue weighted by Crippen LogP contribution is 2.14. The van der Waals surface area contributed by atoms with Gasteiger partial charge in [0.05, 0.1) is 6.61 Å². The molecule has 4 heteroatoms. The quantitative estimate of drug-likeness (QED) is 0.773. The van der Waals surface area contributed by atoms with Crippen LogP contribution in [0.25, 0.3) is 0 Å². The number of hydrogen-bond donors (Lipinski definition) is 2. The van der Waals surface area contributed by atoms with E-state index in [0.29, 0.717) is 24.9 Å². The molecule has 0 aromatic carbocycles. The minimum Gasteiger partial charge on any atom is -0.478 e. The van der Waals surface area contributed by atoms with Crippen molar-refractivity contribution >= 4 is 5.82 Å². The number of nitrogens with two attached hydrogens (primary N) is 1. The maximum absolute atomic E-state index is 5.70. The van der Waals surface area contributed by atoms with Gasteiger partial charge >= 0.3 is 0 Å². The first-order valence-corrected chi connectivity index (χ1v) is 5.73. The lowest BCUT2D eigenvalue weighted by molar-refractivity contribution is 0.327. The van der Waals surface area contributed by atoms with Crippen LogP contribution in [0.4, 0.5) is 5.82 Å². The van der Waals surface area contributed by atoms with Gasteiger partial charge in [-0.3, -0.25) is 0 Å². The van der Waals surface area contributed by atoms with Gasteiger partial charge in [-0.15, -0.1) is 0 Å². The van der Waals surface area contributed by atoms with Gasteiger partial charge in [-0.25, -0.2) is 0 Å². The van der Waals surface area contributed by atoms with Crippen LogP contribution in [0.5, 0.6) is 5.88 Å². The van der Waals surface area contributed by atoms with E-state index in [1.54, 1.807) is 0 Å². The zero-order valence-electron chi connectivity index (χ0n) is 10.2. The van der Waals surface area contributed by atoms with Crippen LogP contribution in [-0.4, -0.2) is 24.2 Å². The number of aromatic nitrogens is 1. The van der Waals surface area contributed by atoms with E-state index >= 15 is 0 Å². The molecule has 0 bridgehead atoms. The van der Waals surface area contributed by atoms with Crippen LogP contribution in [0.15, 0.2) is 18.2 Å². The van der Waals surface area contributed by atoms with Crippen LogP contribution in [0, 0.1) is 5.92 Å². The van der Waals surface area contributed by atoms with Crippen LogP contribution in [0.3, 0.4) is 0 Å². The maximum Gasteiger partial charge on any atom is 0.215 e. The standard InChI is InChI=1S/C12H21N3O/c1-4-16-12-7-5-6-11(15-12)14-10(8-13)9(2)3/h5-7,9-10H,4,8,13H2,1-3H3,(H,14,15). The summed E-state index contributed by atoms with van der Waals surface area (Å²) in [5.41, 5.74) is 5.70. The van der Waals surface area contributed by atoms with Gasteiger partial charge in [-0.1, -0.05) is 19.9 Å². The van der Waals surface area contributed by atoms with Crippen molar-refractivity contribution < 1.29 is 4.74 Å². The SMILES string of the molecule is CCOc1cccc(NC(CN)C(C)C)n1. The zero-order chi connectivity index (χ0) is 12.0. The Morgan fingerprint density at radius 1 is 1.44 bits per heavy atom. The Hall–Kier alpha value is -1.29. The van der Waals surface area contributed by atoms with E-state index in [0.717, 1.165) is 5.82 Å². The Kier molecular flexibility index (Phi) is 5.05. The normalized spacial score (nSPS) is 12.6. The van der Waals surface area contributed by atoms with E-state index in [1.807, 2.05) is 25.1 Å². The molecule has 1 aromatic rings. The molecule has 4 nitrogen and oxygen atoms in total. The van der Waals surface area contributed by atoms with Gasteiger partial charge in [-0.2, -0.15) is 4.98 Å². The summed E-state index contributed by atoms with van der Waals surface area (Å²) in [6, 6.07) is 5.94. The summed E-state index contributed by atoms with van der Waals surface area (Å²) in [4.78, 5) is 4.34. The summed E-state index contributed by atoms with van der Waals surface area (Å²) in [5.74, 6) is 1.93. The Morgan fingerprint density at radius 3 is 2.75 bits per heavy atom. The van der Waals surface area contributed by atoms with Crippen molar-refractivity contribution in [2.45, 2.75) is 26.8 Å². The van der Waals surface area contributed by atoms with Crippen molar-refractivity contribution in [1.82, 2.24) is 4.98 Å². The van der Waals surface area contributed by atoms with E-state index in [-0.39, 0.29) is 6.04 Å². The highest BCUT2D eigenvalue weighted by Gasteiger charge is 2.11. The molecule has 1 atom stereocenters. The third kappa shape index (κ3) is 3.70. The number of rotatable bonds is 6. The van der Waals surface area contributed by atoms with Gasteiger partial charge in [0.2, 0.25) is 5.88 Å². The fraction of sp³-hybridized carbons (Fsp3) is 0.583. The Labute approximate surface area is 97.2 Å². The monoisotopic (exact) mass is 223 g/mol. The van der Waals surface area contributed by atoms with Gasteiger partial charge in [0.15, 0.2) is 0 Å². The Morgan fingerprint density at radius 2 is 2.19 bits per heavy atom. The minimum absolute atomic E-state index is 0.240. The lowest BCUT2D eigenvalue weighted by Crippen LogP contribution is -2.34. The largest absolute Gasteiger partial charge is 0.478 e. The van der Waals surface area contributed by atoms with Gasteiger partial charge in [0.1, 0.15) is 5.82 Å². The molecule has 0 amide bonds. The summed E-state index contributed by atoms with van der Waals surface area (Å²) in [5, 5.41) is 3.31. The summed E-state index contributed by atoms with van der Waals surface area (Å²) in [7, 11) is 0. The first-order chi connectivity index (χ1) is 7.67. The maximum atomic E-state index is 5.70. The second kappa shape index (κ2) is 6.33. The average Bonchev–Trinajstić information content (AvgIpc) is 2.26. The van der Waals surface area contributed by atoms with Crippen LogP contribution < -0.4 is 15.8 Å². The van der Waals surface area contributed by atoms with Crippen LogP contribution in [0.1, 0.15) is 20.8 Å². The molecule has 0 radical (unpaired) electrons. The summed E-state index contributed by atoms with van der Waals surface area (Å²) >= 11 is 0. The third-order valence-corrected chi connectivity index (χ3v) is 2.41. The van der Waals surface area contributed by atoms with Crippen molar-refractivity contribution in [3.63, 3.8) is 0 Å². The predicted octanol–water partition coefficient (Wildman–Crippen LogP) is 1.88. The summed E-state index contributed by atoms with van der Waals surface area (Å²) in [6.45, 7) is 7.44. The molecule has 1 heterocycles. The molecule has 0 spiro atoms. The van der Waals surface area contributed by atoms with Crippen molar-refractivity contribution in [3.05, 3.63) is 18.2 Å². The van der Waals surface area contributed by atoms with Gasteiger partial charge < -0.3 is 15.8 Å². The smallest absolute Gasteiger partial charge is 0.215 e. The highest BCUT2D eigenvalue weighted by atomic mass is 16.5. The molecule has 3 N–H and O–H groups in total. The minimum atomic E-state index is 0.240. The van der Waals surface area contributed by atoms with Gasteiger partial charge in [0.25, 0.3) is 0 Å². The molecule has 16 heavy (non-hydrogen) atoms. The number of pyridine rings is 1. The fourth-order valence-electron chi connectivity index (χ4n) is 1.41. The van der Waals surface area contributed by atoms with Crippen LogP contribution in [0.2, 0.25) is 0 Å². The van der Waals surface area contributed by atoms with Crippen molar-refractivity contribution in [2.24, 2.45) is 11.7 Å². The molecular formula is C12H21N3O. The molecule has 0 saturated heterocycles. The Balaban J connectivity index is 2.68. The molecule has 0 saturated carbocycles. The number of hydrogen-bond acceptors (Lipinski definition) is 4. The molecule has 0 aliphatic rings. The van der Waals surface area contributed by atoms with E-state index in [9.17, 15) is 0 Å². The van der Waals surface area contributed by atoms with Crippen molar-refractivity contribution in [2.75, 3.05) is 18.5 Å². The Bertz CT molecular complexity index is 315. The third-order valence-electron chi connectivity index (χ3n) is 2.41. The second-order valence-corrected chi connectivity index (χ2v) is 4.02. The number of nitrogens with zero attached hydrogens (tertiary/aromatic N) is 1. The fourth-order valence-corrected chi connectivity index (χ4v) is 1.41. The lowest BCUT2D eigenvalue weighted by Gasteiger charge is -2.21. The number of nitrogens with one attached hydrogen (secondary N) is 1. The zero-order valence-corrected chi connectivity index (χ0v) is 10.2. The topological polar surface area (TPSA) is 60.2 Å². The summed E-state index contributed by atoms with van der Waals surface area (Å²) in [6.07, 6.45) is 0. The van der Waals surface area contributed by atoms with Crippen LogP contribution in [-0.2, 0) is 0 Å². The predicted molar refractivity (Wildman–Crippen MR) is 66.7 cm³/mol. The molecule has 1 rings (SSSR count). The average molecular weight is 223 g/mol. The molecule has 1 unspecified atom stereocenters. The molecular weight excluding hydrogens is 202 g/mol. The number of ether oxygens (including phenoxy) is 1. The molecule has 0 aliphatic heterocycles. The van der Waals surface area contributed by atoms with E-state index in [4.69, 9.17) is 10.5 Å². The van der Waals surface area contributed by atoms with Crippen LogP contribution >= 0.6 is 0 Å². The lowest BCUT2D eigenvalue weighted by atomic mass is 10.1. The highest BCUT2D eigenvalue weighted by molar-refractivity contribution is 5.38. The molecule has 0 fully saturated rings. The molecule has 90 valence electrons. The van der Waals surface area contributed by atoms with Gasteiger partial charge in [-0.05, 0) is 18.9 Å². The first-order valence-electron chi connectivity index (χ1n) is 5.73. The first kappa shape index (κ1) is 12.8. The molecule has 0 aliphatic carbocycles. The summed E-state index contributed by atoms with van der Waals surface area (Å²) < 4.78 is 5.34. The van der Waals surface area contributed by atoms with E-state index < -0.39 is 0 Å². The van der Waals surface area contributed by atoms with E-state index in [1.165, 1.54) is 0 Å². The number of anilines is 1. The van der Waals surface area contributed by atoms with E-state index in [2.05, 4.69) is 24.1 Å². The van der Waals surface area contributed by atoms with Crippen molar-refractivity contribution in [1.29, 1.82) is 0 Å².